The molecule has 0 aliphatic heterocycles. The molecule has 0 aromatic rings. The Hall–Kier alpha value is -0.110. The van der Waals surface area contributed by atoms with Crippen molar-refractivity contribution in [2.75, 3.05) is 6.61 Å². The maximum absolute atomic E-state index is 5.46. The first kappa shape index (κ1) is 11.9. The summed E-state index contributed by atoms with van der Waals surface area (Å²) in [7, 11) is 0. The highest BCUT2D eigenvalue weighted by Crippen LogP contribution is 2.11. The number of hydrogen-bond donors (Lipinski definition) is 0. The molecule has 0 fully saturated rings. The van der Waals surface area contributed by atoms with Crippen LogP contribution in [0.15, 0.2) is 0 Å². The van der Waals surface area contributed by atoms with Gasteiger partial charge in [0.15, 0.2) is 5.05 Å². The van der Waals surface area contributed by atoms with Crippen molar-refractivity contribution >= 4 is 17.3 Å². The second-order valence-electron chi connectivity index (χ2n) is 3.03. The Labute approximate surface area is 81.5 Å². The van der Waals surface area contributed by atoms with E-state index >= 15 is 0 Å². The van der Waals surface area contributed by atoms with E-state index in [2.05, 4.69) is 20.8 Å². The van der Waals surface area contributed by atoms with Crippen molar-refractivity contribution in [1.82, 2.24) is 0 Å². The van der Waals surface area contributed by atoms with Crippen molar-refractivity contribution in [1.29, 1.82) is 0 Å². The fourth-order valence-electron chi connectivity index (χ4n) is 1.06. The maximum Gasteiger partial charge on any atom is 0.162 e. The average molecular weight is 188 g/mol. The van der Waals surface area contributed by atoms with Gasteiger partial charge in [0, 0.05) is 5.92 Å². The summed E-state index contributed by atoms with van der Waals surface area (Å²) in [4.78, 5) is 0. The number of thiocarbonyl (C=S) groups is 1. The number of hydrogen-bond acceptors (Lipinski definition) is 2. The van der Waals surface area contributed by atoms with Gasteiger partial charge < -0.3 is 4.74 Å². The number of unbranched alkanes of at least 4 members (excludes halogenated alkanes) is 1. The Balaban J connectivity index is 3.54. The molecule has 0 spiro atoms. The largest absolute Gasteiger partial charge is 0.487 e. The van der Waals surface area contributed by atoms with Crippen molar-refractivity contribution in [2.24, 2.45) is 5.92 Å². The quantitative estimate of drug-likeness (QED) is 0.465. The van der Waals surface area contributed by atoms with Gasteiger partial charge in [-0.15, -0.1) is 0 Å². The lowest BCUT2D eigenvalue weighted by Gasteiger charge is -2.14. The first-order valence-electron chi connectivity index (χ1n) is 4.92. The second kappa shape index (κ2) is 7.53. The van der Waals surface area contributed by atoms with Gasteiger partial charge >= 0.3 is 0 Å². The molecular formula is C10H20OS. The van der Waals surface area contributed by atoms with Crippen LogP contribution >= 0.6 is 12.2 Å². The highest BCUT2D eigenvalue weighted by molar-refractivity contribution is 7.80. The molecule has 0 N–H and O–H groups in total. The van der Waals surface area contributed by atoms with Crippen LogP contribution in [0.2, 0.25) is 0 Å². The average Bonchev–Trinajstić information content (AvgIpc) is 2.07. The predicted octanol–water partition coefficient (Wildman–Crippen LogP) is 3.57. The van der Waals surface area contributed by atoms with Crippen molar-refractivity contribution in [2.45, 2.75) is 46.5 Å². The maximum atomic E-state index is 5.46. The molecule has 0 aromatic carbocycles. The van der Waals surface area contributed by atoms with E-state index in [0.717, 1.165) is 30.9 Å². The van der Waals surface area contributed by atoms with E-state index in [-0.39, 0.29) is 0 Å². The lowest BCUT2D eigenvalue weighted by atomic mass is 10.1. The van der Waals surface area contributed by atoms with Crippen molar-refractivity contribution in [3.8, 4) is 0 Å². The molecule has 12 heavy (non-hydrogen) atoms. The molecule has 0 aliphatic rings. The molecule has 1 nitrogen and oxygen atoms in total. The summed E-state index contributed by atoms with van der Waals surface area (Å²) < 4.78 is 5.46. The topological polar surface area (TPSA) is 9.23 Å². The first-order valence-corrected chi connectivity index (χ1v) is 5.33. The number of ether oxygens (including phenoxy) is 1. The van der Waals surface area contributed by atoms with E-state index in [1.807, 2.05) is 0 Å². The highest BCUT2D eigenvalue weighted by Gasteiger charge is 2.10. The van der Waals surface area contributed by atoms with Crippen LogP contribution in [-0.2, 0) is 4.74 Å². The molecule has 72 valence electrons. The summed E-state index contributed by atoms with van der Waals surface area (Å²) in [5.41, 5.74) is 0. The Morgan fingerprint density at radius 3 is 2.25 bits per heavy atom. The minimum Gasteiger partial charge on any atom is -0.487 e. The SMILES string of the molecule is CCCCOC(=S)C(CC)CC. The Bertz CT molecular complexity index is 119. The molecule has 0 saturated carbocycles. The molecule has 0 heterocycles. The Morgan fingerprint density at radius 2 is 1.83 bits per heavy atom. The lowest BCUT2D eigenvalue weighted by molar-refractivity contribution is 0.280. The van der Waals surface area contributed by atoms with Gasteiger partial charge in [0.05, 0.1) is 6.61 Å². The standard InChI is InChI=1S/C10H20OS/c1-4-7-8-11-10(12)9(5-2)6-3/h9H,4-8H2,1-3H3. The van der Waals surface area contributed by atoms with Gasteiger partial charge in [0.25, 0.3) is 0 Å². The zero-order chi connectivity index (χ0) is 9.40. The molecule has 0 unspecified atom stereocenters. The van der Waals surface area contributed by atoms with Gasteiger partial charge in [-0.25, -0.2) is 0 Å². The van der Waals surface area contributed by atoms with Crippen LogP contribution in [0.25, 0.3) is 0 Å². The molecule has 2 heteroatoms. The first-order chi connectivity index (χ1) is 5.76. The third-order valence-electron chi connectivity index (χ3n) is 2.06. The van der Waals surface area contributed by atoms with E-state index in [1.165, 1.54) is 6.42 Å². The zero-order valence-corrected chi connectivity index (χ0v) is 9.25. The van der Waals surface area contributed by atoms with Crippen molar-refractivity contribution in [3.63, 3.8) is 0 Å². The van der Waals surface area contributed by atoms with Crippen molar-refractivity contribution < 1.29 is 4.74 Å². The molecule has 0 rings (SSSR count). The van der Waals surface area contributed by atoms with Crippen LogP contribution in [0.5, 0.6) is 0 Å². The third kappa shape index (κ3) is 4.70. The normalized spacial score (nSPS) is 10.3. The molecule has 0 aliphatic carbocycles. The lowest BCUT2D eigenvalue weighted by Crippen LogP contribution is -2.14. The van der Waals surface area contributed by atoms with E-state index in [4.69, 9.17) is 17.0 Å². The Morgan fingerprint density at radius 1 is 1.25 bits per heavy atom. The van der Waals surface area contributed by atoms with Gasteiger partial charge in [-0.3, -0.25) is 0 Å². The second-order valence-corrected chi connectivity index (χ2v) is 3.44. The van der Waals surface area contributed by atoms with Crippen LogP contribution in [0.3, 0.4) is 0 Å². The van der Waals surface area contributed by atoms with Crippen molar-refractivity contribution in [3.05, 3.63) is 0 Å². The third-order valence-corrected chi connectivity index (χ3v) is 2.51. The van der Waals surface area contributed by atoms with Crippen LogP contribution in [0.1, 0.15) is 46.5 Å². The number of rotatable bonds is 6. The van der Waals surface area contributed by atoms with Crippen LogP contribution in [0.4, 0.5) is 0 Å². The summed E-state index contributed by atoms with van der Waals surface area (Å²) in [6, 6.07) is 0. The van der Waals surface area contributed by atoms with Gasteiger partial charge in [-0.05, 0) is 31.5 Å². The highest BCUT2D eigenvalue weighted by atomic mass is 32.1. The Kier molecular flexibility index (Phi) is 7.47. The molecular weight excluding hydrogens is 168 g/mol. The summed E-state index contributed by atoms with van der Waals surface area (Å²) >= 11 is 5.16. The molecule has 0 saturated heterocycles. The summed E-state index contributed by atoms with van der Waals surface area (Å²) in [5.74, 6) is 0.483. The van der Waals surface area contributed by atoms with E-state index in [9.17, 15) is 0 Å². The fourth-order valence-corrected chi connectivity index (χ4v) is 1.47. The molecule has 0 bridgehead atoms. The smallest absolute Gasteiger partial charge is 0.162 e. The fraction of sp³-hybridized carbons (Fsp3) is 0.900. The van der Waals surface area contributed by atoms with E-state index < -0.39 is 0 Å². The van der Waals surface area contributed by atoms with E-state index in [1.54, 1.807) is 0 Å². The summed E-state index contributed by atoms with van der Waals surface area (Å²) in [5, 5.41) is 0.813. The van der Waals surface area contributed by atoms with Crippen LogP contribution in [-0.4, -0.2) is 11.7 Å². The predicted molar refractivity (Wildman–Crippen MR) is 57.5 cm³/mol. The van der Waals surface area contributed by atoms with Gasteiger partial charge in [-0.1, -0.05) is 27.2 Å². The summed E-state index contributed by atoms with van der Waals surface area (Å²) in [6.45, 7) is 7.27. The van der Waals surface area contributed by atoms with Gasteiger partial charge in [0.1, 0.15) is 0 Å². The molecule has 0 aromatic heterocycles. The van der Waals surface area contributed by atoms with Gasteiger partial charge in [0.2, 0.25) is 0 Å². The molecule has 0 amide bonds. The van der Waals surface area contributed by atoms with Gasteiger partial charge in [-0.2, -0.15) is 0 Å². The minimum absolute atomic E-state index is 0.483. The molecule has 0 radical (unpaired) electrons. The summed E-state index contributed by atoms with van der Waals surface area (Å²) in [6.07, 6.45) is 4.48. The van der Waals surface area contributed by atoms with E-state index in [0.29, 0.717) is 5.92 Å². The monoisotopic (exact) mass is 188 g/mol. The van der Waals surface area contributed by atoms with Crippen LogP contribution in [0, 0.1) is 5.92 Å². The zero-order valence-electron chi connectivity index (χ0n) is 8.43. The minimum atomic E-state index is 0.483. The van der Waals surface area contributed by atoms with Crippen LogP contribution < -0.4 is 0 Å². The molecule has 0 atom stereocenters.